The monoisotopic (exact) mass is 1160 g/mol. The smallest absolute Gasteiger partial charge is 0.220 e. The van der Waals surface area contributed by atoms with Gasteiger partial charge in [-0.15, -0.1) is 0 Å². The zero-order valence-corrected chi connectivity index (χ0v) is 51.2. The molecule has 2 saturated heterocycles. The van der Waals surface area contributed by atoms with Crippen LogP contribution in [0.5, 0.6) is 0 Å². The van der Waals surface area contributed by atoms with Crippen LogP contribution < -0.4 is 5.32 Å². The van der Waals surface area contributed by atoms with Gasteiger partial charge in [0.2, 0.25) is 5.91 Å². The fourth-order valence-electron chi connectivity index (χ4n) is 10.3. The summed E-state index contributed by atoms with van der Waals surface area (Å²) in [6.07, 6.45) is 55.0. The molecule has 0 aromatic rings. The Balaban J connectivity index is 1.65. The lowest BCUT2D eigenvalue weighted by molar-refractivity contribution is -0.359. The van der Waals surface area contributed by atoms with Crippen LogP contribution in [0.4, 0.5) is 0 Å². The number of unbranched alkanes of at least 4 members (excludes halogenated alkanes) is 27. The van der Waals surface area contributed by atoms with Crippen LogP contribution in [0, 0.1) is 0 Å². The van der Waals surface area contributed by atoms with Crippen LogP contribution in [0.3, 0.4) is 0 Å². The van der Waals surface area contributed by atoms with Gasteiger partial charge >= 0.3 is 0 Å². The van der Waals surface area contributed by atoms with Gasteiger partial charge in [-0.05, 0) is 83.5 Å². The normalized spacial score (nSPS) is 24.5. The molecule has 14 nitrogen and oxygen atoms in total. The number of carbonyl (C=O) groups is 1. The fraction of sp³-hybridized carbons (Fsp3) is 0.779. The predicted octanol–water partition coefficient (Wildman–Crippen LogP) is 12.4. The molecule has 14 heteroatoms. The second-order valence-electron chi connectivity index (χ2n) is 22.8. The molecular weight excluding hydrogens is 1040 g/mol. The Hall–Kier alpha value is -2.83. The van der Waals surface area contributed by atoms with Crippen molar-refractivity contribution < 1.29 is 64.6 Å². The minimum atomic E-state index is -1.79. The summed E-state index contributed by atoms with van der Waals surface area (Å²) >= 11 is 0. The Bertz CT molecular complexity index is 1700. The third-order valence-corrected chi connectivity index (χ3v) is 15.5. The highest BCUT2D eigenvalue weighted by Gasteiger charge is 2.51. The van der Waals surface area contributed by atoms with Gasteiger partial charge < -0.3 is 65.1 Å². The average molecular weight is 1160 g/mol. The molecule has 2 fully saturated rings. The Morgan fingerprint density at radius 3 is 1.34 bits per heavy atom. The van der Waals surface area contributed by atoms with E-state index in [4.69, 9.17) is 18.9 Å². The van der Waals surface area contributed by atoms with Gasteiger partial charge in [0, 0.05) is 6.42 Å². The van der Waals surface area contributed by atoms with E-state index >= 15 is 0 Å². The molecule has 12 unspecified atom stereocenters. The summed E-state index contributed by atoms with van der Waals surface area (Å²) in [6.45, 7) is 2.65. The predicted molar refractivity (Wildman–Crippen MR) is 332 cm³/mol. The SMILES string of the molecule is CC/C=C\C/C=C\C/C=C\C/C=C\CCCCCCCCCCCCCCCCCCCCCCC(=O)NC(COC1OC(CO)C(OC2OC(CO)C(O)C(O)C2O)C(O)C1O)C(O)/C=C/CC/C=C/CC/C=C/CCCCCCC. The zero-order valence-electron chi connectivity index (χ0n) is 51.2. The van der Waals surface area contributed by atoms with E-state index in [9.17, 15) is 45.6 Å². The molecule has 12 atom stereocenters. The van der Waals surface area contributed by atoms with Crippen LogP contribution in [0.1, 0.15) is 245 Å². The number of ether oxygens (including phenoxy) is 4. The van der Waals surface area contributed by atoms with Gasteiger partial charge in [0.25, 0.3) is 0 Å². The lowest BCUT2D eigenvalue weighted by atomic mass is 9.97. The molecule has 0 saturated carbocycles. The molecule has 2 aliphatic rings. The molecule has 1 amide bonds. The molecule has 0 spiro atoms. The van der Waals surface area contributed by atoms with E-state index in [0.29, 0.717) is 12.8 Å². The number of nitrogens with one attached hydrogen (secondary N) is 1. The van der Waals surface area contributed by atoms with E-state index < -0.39 is 86.8 Å². The maximum absolute atomic E-state index is 13.3. The van der Waals surface area contributed by atoms with Crippen molar-refractivity contribution in [2.75, 3.05) is 19.8 Å². The largest absolute Gasteiger partial charge is 0.394 e. The van der Waals surface area contributed by atoms with E-state index in [-0.39, 0.29) is 18.9 Å². The molecule has 2 heterocycles. The molecule has 0 aromatic heterocycles. The molecule has 0 aliphatic carbocycles. The highest BCUT2D eigenvalue weighted by atomic mass is 16.7. The summed E-state index contributed by atoms with van der Waals surface area (Å²) in [5.41, 5.74) is 0. The van der Waals surface area contributed by atoms with Crippen LogP contribution in [-0.4, -0.2) is 140 Å². The standard InChI is InChI=1S/C68H119NO13/c1-3-5-7-9-11-13-15-17-19-20-21-22-23-24-25-26-27-28-29-30-31-32-33-34-35-36-38-40-42-44-46-48-50-52-60(73)69-56(57(72)51-49-47-45-43-41-39-37-18-16-14-12-10-8-6-4-2)55-79-67-65(78)63(76)66(59(54-71)81-67)82-68-64(77)62(75)61(74)58(53-70)80-68/h5,7,11,13,16-19,21-22,41,43,49,51,56-59,61-68,70-72,74-78H,3-4,6,8-10,12,14-15,20,23-40,42,44-48,50,52-55H2,1-2H3,(H,69,73)/b7-5-,13-11-,18-16+,19-17-,22-21-,43-41+,51-49+. The lowest BCUT2D eigenvalue weighted by Gasteiger charge is -2.46. The van der Waals surface area contributed by atoms with Gasteiger partial charge in [0.05, 0.1) is 32.0 Å². The molecular formula is C68H119NO13. The Kier molecular flexibility index (Phi) is 48.2. The summed E-state index contributed by atoms with van der Waals surface area (Å²) in [5, 5.41) is 87.1. The summed E-state index contributed by atoms with van der Waals surface area (Å²) in [7, 11) is 0. The van der Waals surface area contributed by atoms with Gasteiger partial charge in [-0.1, -0.05) is 240 Å². The molecule has 0 bridgehead atoms. The van der Waals surface area contributed by atoms with E-state index in [0.717, 1.165) is 70.6 Å². The van der Waals surface area contributed by atoms with E-state index in [2.05, 4.69) is 92.1 Å². The summed E-state index contributed by atoms with van der Waals surface area (Å²) in [6, 6.07) is -0.940. The zero-order chi connectivity index (χ0) is 59.5. The number of rotatable bonds is 52. The number of hydrogen-bond donors (Lipinski definition) is 9. The van der Waals surface area contributed by atoms with E-state index in [1.807, 2.05) is 6.08 Å². The number of carbonyl (C=O) groups excluding carboxylic acids is 1. The van der Waals surface area contributed by atoms with Crippen LogP contribution in [-0.2, 0) is 23.7 Å². The first kappa shape index (κ1) is 75.3. The molecule has 82 heavy (non-hydrogen) atoms. The Morgan fingerprint density at radius 2 is 0.854 bits per heavy atom. The number of allylic oxidation sites excluding steroid dienone is 13. The van der Waals surface area contributed by atoms with Gasteiger partial charge in [-0.3, -0.25) is 4.79 Å². The quantitative estimate of drug-likeness (QED) is 0.0204. The van der Waals surface area contributed by atoms with E-state index in [1.54, 1.807) is 6.08 Å². The Labute approximate surface area is 497 Å². The summed E-state index contributed by atoms with van der Waals surface area (Å²) in [5.74, 6) is -0.253. The van der Waals surface area contributed by atoms with E-state index in [1.165, 1.54) is 141 Å². The van der Waals surface area contributed by atoms with Crippen LogP contribution in [0.15, 0.2) is 85.1 Å². The fourth-order valence-corrected chi connectivity index (χ4v) is 10.3. The van der Waals surface area contributed by atoms with Crippen molar-refractivity contribution in [2.24, 2.45) is 0 Å². The molecule has 9 N–H and O–H groups in total. The molecule has 2 aliphatic heterocycles. The maximum Gasteiger partial charge on any atom is 0.220 e. The second-order valence-corrected chi connectivity index (χ2v) is 22.8. The first-order valence-corrected chi connectivity index (χ1v) is 32.8. The van der Waals surface area contributed by atoms with Crippen molar-refractivity contribution in [2.45, 2.75) is 319 Å². The lowest BCUT2D eigenvalue weighted by Crippen LogP contribution is -2.65. The first-order chi connectivity index (χ1) is 40.1. The van der Waals surface area contributed by atoms with Crippen LogP contribution >= 0.6 is 0 Å². The first-order valence-electron chi connectivity index (χ1n) is 32.8. The van der Waals surface area contributed by atoms with Crippen LogP contribution in [0.25, 0.3) is 0 Å². The summed E-state index contributed by atoms with van der Waals surface area (Å²) < 4.78 is 22.8. The van der Waals surface area contributed by atoms with Crippen molar-refractivity contribution in [1.29, 1.82) is 0 Å². The average Bonchev–Trinajstić information content (AvgIpc) is 3.60. The highest BCUT2D eigenvalue weighted by Crippen LogP contribution is 2.30. The number of aliphatic hydroxyl groups excluding tert-OH is 8. The van der Waals surface area contributed by atoms with Gasteiger partial charge in [-0.25, -0.2) is 0 Å². The minimum absolute atomic E-state index is 0.253. The summed E-state index contributed by atoms with van der Waals surface area (Å²) in [4.78, 5) is 13.3. The molecule has 0 aromatic carbocycles. The topological polar surface area (TPSA) is 228 Å². The van der Waals surface area contributed by atoms with Crippen molar-refractivity contribution in [1.82, 2.24) is 5.32 Å². The van der Waals surface area contributed by atoms with Gasteiger partial charge in [0.1, 0.15) is 48.8 Å². The van der Waals surface area contributed by atoms with Crippen molar-refractivity contribution in [3.63, 3.8) is 0 Å². The molecule has 2 rings (SSSR count). The maximum atomic E-state index is 13.3. The number of amides is 1. The third kappa shape index (κ3) is 36.9. The minimum Gasteiger partial charge on any atom is -0.394 e. The Morgan fingerprint density at radius 1 is 0.451 bits per heavy atom. The van der Waals surface area contributed by atoms with Crippen molar-refractivity contribution >= 4 is 5.91 Å². The molecule has 474 valence electrons. The molecule has 0 radical (unpaired) electrons. The van der Waals surface area contributed by atoms with Crippen LogP contribution in [0.2, 0.25) is 0 Å². The second kappa shape index (κ2) is 52.5. The van der Waals surface area contributed by atoms with Crippen molar-refractivity contribution in [3.05, 3.63) is 85.1 Å². The third-order valence-electron chi connectivity index (χ3n) is 15.5. The highest BCUT2D eigenvalue weighted by molar-refractivity contribution is 5.76. The van der Waals surface area contributed by atoms with Gasteiger partial charge in [-0.2, -0.15) is 0 Å². The number of hydrogen-bond acceptors (Lipinski definition) is 13. The number of aliphatic hydroxyl groups is 8. The van der Waals surface area contributed by atoms with Crippen molar-refractivity contribution in [3.8, 4) is 0 Å². The van der Waals surface area contributed by atoms with Gasteiger partial charge in [0.15, 0.2) is 12.6 Å².